The molecular weight excluding hydrogens is 673 g/mol. The van der Waals surface area contributed by atoms with Gasteiger partial charge in [-0.1, -0.05) is 79.7 Å². The lowest BCUT2D eigenvalue weighted by Crippen LogP contribution is -2.38. The van der Waals surface area contributed by atoms with Crippen molar-refractivity contribution in [1.29, 1.82) is 0 Å². The summed E-state index contributed by atoms with van der Waals surface area (Å²) in [5, 5.41) is 0. The number of allylic oxidation sites excluding steroid dienone is 2. The highest BCUT2D eigenvalue weighted by Crippen LogP contribution is 2.42. The van der Waals surface area contributed by atoms with Gasteiger partial charge in [0.2, 0.25) is 11.5 Å². The molecule has 0 radical (unpaired) electrons. The topological polar surface area (TPSA) is 157 Å². The number of ether oxygens (including phenoxy) is 1. The SMILES string of the molecule is CCC(=C\c1oc2ccc(-c3ccccc3)cc2[n+]1CCOS(=O)(=O)O)/C=C1/Oc2ccc(-c3ccccc3)cc2N1CCOS(=O)(=O)O. The molecule has 0 atom stereocenters. The molecule has 1 aliphatic heterocycles. The molecule has 12 nitrogen and oxygen atoms in total. The molecule has 6 rings (SSSR count). The van der Waals surface area contributed by atoms with Crippen LogP contribution in [0, 0.1) is 0 Å². The van der Waals surface area contributed by atoms with Crippen molar-refractivity contribution in [2.75, 3.05) is 24.7 Å². The summed E-state index contributed by atoms with van der Waals surface area (Å²) in [5.41, 5.74) is 6.44. The summed E-state index contributed by atoms with van der Waals surface area (Å²) >= 11 is 0. The second-order valence-corrected chi connectivity index (χ2v) is 13.2. The van der Waals surface area contributed by atoms with E-state index in [-0.39, 0.29) is 26.3 Å². The van der Waals surface area contributed by atoms with E-state index in [1.165, 1.54) is 0 Å². The molecule has 2 heterocycles. The molecule has 14 heteroatoms. The number of hydrogen-bond donors (Lipinski definition) is 2. The van der Waals surface area contributed by atoms with Gasteiger partial charge >= 0.3 is 26.7 Å². The molecule has 1 aliphatic rings. The van der Waals surface area contributed by atoms with E-state index in [0.29, 0.717) is 40.7 Å². The molecule has 0 saturated carbocycles. The highest BCUT2D eigenvalue weighted by atomic mass is 32.3. The molecule has 5 aromatic rings. The molecule has 0 amide bonds. The minimum atomic E-state index is -4.66. The first kappa shape index (κ1) is 34.0. The Morgan fingerprint density at radius 1 is 0.796 bits per heavy atom. The Bertz CT molecular complexity index is 2250. The maximum Gasteiger partial charge on any atom is 0.397 e. The van der Waals surface area contributed by atoms with Crippen LogP contribution < -0.4 is 14.2 Å². The quantitative estimate of drug-likeness (QED) is 0.106. The lowest BCUT2D eigenvalue weighted by Gasteiger charge is -2.18. The van der Waals surface area contributed by atoms with Crippen LogP contribution >= 0.6 is 0 Å². The molecule has 1 aromatic heterocycles. The third kappa shape index (κ3) is 8.43. The van der Waals surface area contributed by atoms with E-state index in [0.717, 1.165) is 27.8 Å². The molecular formula is C35H33N2O10S2+. The average molecular weight is 706 g/mol. The number of fused-ring (bicyclic) bond motifs is 2. The largest absolute Gasteiger partial charge is 0.439 e. The molecule has 2 N–H and O–H groups in total. The van der Waals surface area contributed by atoms with E-state index >= 15 is 0 Å². The molecule has 0 spiro atoms. The molecule has 0 saturated heterocycles. The number of benzene rings is 4. The Kier molecular flexibility index (Phi) is 9.96. The fraction of sp³-hybridized carbons (Fsp3) is 0.171. The highest BCUT2D eigenvalue weighted by Gasteiger charge is 2.28. The molecule has 0 unspecified atom stereocenters. The van der Waals surface area contributed by atoms with Crippen molar-refractivity contribution in [3.63, 3.8) is 0 Å². The average Bonchev–Trinajstić information content (AvgIpc) is 3.60. The number of anilines is 1. The molecule has 4 aromatic carbocycles. The zero-order valence-corrected chi connectivity index (χ0v) is 27.9. The minimum Gasteiger partial charge on any atom is -0.439 e. The number of rotatable bonds is 13. The Labute approximate surface area is 284 Å². The summed E-state index contributed by atoms with van der Waals surface area (Å²) in [4.78, 5) is 1.76. The standard InChI is InChI=1S/C35H32N2O10S2/c1-2-25(21-34-36(17-19-44-48(38,39)40)30-23-28(13-15-32(30)46-34)26-9-5-3-6-10-26)22-35-37(18-20-45-49(41,42)43)31-24-29(14-16-33(31)47-35)27-11-7-4-8-12-27/h3-16,21-24H,2,17-20H2,1H3,(H-,38,39,40,41,42,43)/p+1. The van der Waals surface area contributed by atoms with E-state index in [1.54, 1.807) is 21.6 Å². The fourth-order valence-electron chi connectivity index (χ4n) is 5.53. The lowest BCUT2D eigenvalue weighted by atomic mass is 10.0. The first-order valence-electron chi connectivity index (χ1n) is 15.3. The third-order valence-electron chi connectivity index (χ3n) is 7.80. The van der Waals surface area contributed by atoms with Crippen LogP contribution in [0.1, 0.15) is 19.2 Å². The first-order valence-corrected chi connectivity index (χ1v) is 18.0. The van der Waals surface area contributed by atoms with Crippen LogP contribution in [0.2, 0.25) is 0 Å². The first-order chi connectivity index (χ1) is 23.5. The van der Waals surface area contributed by atoms with Crippen LogP contribution in [-0.4, -0.2) is 45.7 Å². The Hall–Kier alpha value is -4.83. The second kappa shape index (κ2) is 14.3. The van der Waals surface area contributed by atoms with Crippen molar-refractivity contribution in [2.24, 2.45) is 0 Å². The van der Waals surface area contributed by atoms with Crippen molar-refractivity contribution in [3.05, 3.63) is 120 Å². The van der Waals surface area contributed by atoms with Crippen molar-refractivity contribution in [1.82, 2.24) is 0 Å². The number of oxazole rings is 1. The number of aromatic nitrogens is 1. The van der Waals surface area contributed by atoms with Gasteiger partial charge in [-0.2, -0.15) is 21.4 Å². The van der Waals surface area contributed by atoms with Crippen molar-refractivity contribution in [3.8, 4) is 28.0 Å². The predicted molar refractivity (Wildman–Crippen MR) is 183 cm³/mol. The van der Waals surface area contributed by atoms with E-state index in [1.807, 2.05) is 104 Å². The molecule has 0 aliphatic carbocycles. The van der Waals surface area contributed by atoms with E-state index in [2.05, 4.69) is 8.37 Å². The van der Waals surface area contributed by atoms with Crippen molar-refractivity contribution in [2.45, 2.75) is 19.9 Å². The smallest absolute Gasteiger partial charge is 0.397 e. The van der Waals surface area contributed by atoms with Gasteiger partial charge in [0.1, 0.15) is 6.61 Å². The molecule has 0 bridgehead atoms. The van der Waals surface area contributed by atoms with E-state index in [4.69, 9.17) is 9.15 Å². The minimum absolute atomic E-state index is 0.0355. The second-order valence-electron chi connectivity index (χ2n) is 11.0. The monoisotopic (exact) mass is 705 g/mol. The highest BCUT2D eigenvalue weighted by molar-refractivity contribution is 7.81. The van der Waals surface area contributed by atoms with Crippen LogP contribution in [0.4, 0.5) is 5.69 Å². The van der Waals surface area contributed by atoms with Gasteiger partial charge in [-0.15, -0.1) is 0 Å². The van der Waals surface area contributed by atoms with Gasteiger partial charge in [0.05, 0.1) is 24.9 Å². The van der Waals surface area contributed by atoms with Crippen LogP contribution in [0.3, 0.4) is 0 Å². The Morgan fingerprint density at radius 3 is 2.04 bits per heavy atom. The van der Waals surface area contributed by atoms with Gasteiger partial charge in [-0.05, 0) is 52.4 Å². The summed E-state index contributed by atoms with van der Waals surface area (Å²) in [6.45, 7) is 1.31. The summed E-state index contributed by atoms with van der Waals surface area (Å²) in [5.74, 6) is 1.31. The summed E-state index contributed by atoms with van der Waals surface area (Å²) in [6.07, 6.45) is 4.09. The van der Waals surface area contributed by atoms with E-state index < -0.39 is 20.8 Å². The maximum atomic E-state index is 11.3. The normalized spacial score (nSPS) is 14.4. The Balaban J connectivity index is 1.39. The van der Waals surface area contributed by atoms with Gasteiger partial charge in [0.15, 0.2) is 12.3 Å². The summed E-state index contributed by atoms with van der Waals surface area (Å²) in [7, 11) is -9.33. The molecule has 49 heavy (non-hydrogen) atoms. The van der Waals surface area contributed by atoms with E-state index in [9.17, 15) is 25.9 Å². The lowest BCUT2D eigenvalue weighted by molar-refractivity contribution is -0.678. The van der Waals surface area contributed by atoms with Gasteiger partial charge in [0, 0.05) is 12.1 Å². The van der Waals surface area contributed by atoms with Gasteiger partial charge in [-0.25, -0.2) is 8.37 Å². The van der Waals surface area contributed by atoms with Crippen LogP contribution in [0.5, 0.6) is 5.75 Å². The van der Waals surface area contributed by atoms with Crippen molar-refractivity contribution >= 4 is 43.7 Å². The fourth-order valence-corrected chi connectivity index (χ4v) is 6.10. The van der Waals surface area contributed by atoms with Crippen LogP contribution in [0.25, 0.3) is 39.4 Å². The van der Waals surface area contributed by atoms with Gasteiger partial charge in [-0.3, -0.25) is 9.11 Å². The third-order valence-corrected chi connectivity index (χ3v) is 8.72. The number of hydrogen-bond acceptors (Lipinski definition) is 9. The van der Waals surface area contributed by atoms with Gasteiger partial charge in [0.25, 0.3) is 5.52 Å². The number of nitrogens with zero attached hydrogens (tertiary/aromatic N) is 2. The Morgan fingerprint density at radius 2 is 1.41 bits per heavy atom. The summed E-state index contributed by atoms with van der Waals surface area (Å²) < 4.78 is 87.2. The van der Waals surface area contributed by atoms with Crippen molar-refractivity contribution < 1.29 is 48.0 Å². The van der Waals surface area contributed by atoms with Crippen LogP contribution in [0.15, 0.2) is 119 Å². The molecule has 254 valence electrons. The zero-order chi connectivity index (χ0) is 34.6. The van der Waals surface area contributed by atoms with Crippen LogP contribution in [-0.2, 0) is 35.7 Å². The van der Waals surface area contributed by atoms with Gasteiger partial charge < -0.3 is 14.1 Å². The predicted octanol–water partition coefficient (Wildman–Crippen LogP) is 6.23. The zero-order valence-electron chi connectivity index (χ0n) is 26.3. The maximum absolute atomic E-state index is 11.3. The molecule has 0 fully saturated rings. The summed E-state index contributed by atoms with van der Waals surface area (Å²) in [6, 6.07) is 30.9.